The van der Waals surface area contributed by atoms with Gasteiger partial charge in [0.25, 0.3) is 0 Å². The molecule has 2 rings (SSSR count). The maximum Gasteiger partial charge on any atom is 0.122 e. The Morgan fingerprint density at radius 3 is 2.67 bits per heavy atom. The van der Waals surface area contributed by atoms with Crippen molar-refractivity contribution in [2.24, 2.45) is 0 Å². The van der Waals surface area contributed by atoms with Crippen molar-refractivity contribution in [3.8, 4) is 5.75 Å². The van der Waals surface area contributed by atoms with E-state index in [1.165, 1.54) is 24.0 Å². The van der Waals surface area contributed by atoms with Crippen LogP contribution >= 0.6 is 12.4 Å². The second-order valence-electron chi connectivity index (χ2n) is 6.70. The molecule has 0 fully saturated rings. The summed E-state index contributed by atoms with van der Waals surface area (Å²) in [6.45, 7) is 7.18. The Morgan fingerprint density at radius 1 is 1.24 bits per heavy atom. The highest BCUT2D eigenvalue weighted by atomic mass is 35.5. The Hall–Kier alpha value is -0.770. The van der Waals surface area contributed by atoms with Gasteiger partial charge in [0.15, 0.2) is 0 Å². The van der Waals surface area contributed by atoms with Crippen LogP contribution < -0.4 is 10.1 Å². The predicted molar refractivity (Wildman–Crippen MR) is 89.6 cm³/mol. The van der Waals surface area contributed by atoms with Crippen molar-refractivity contribution in [1.29, 1.82) is 0 Å². The highest BCUT2D eigenvalue weighted by Gasteiger charge is 2.16. The average molecular weight is 314 g/mol. The summed E-state index contributed by atoms with van der Waals surface area (Å²) in [5.74, 6) is 0.956. The van der Waals surface area contributed by atoms with E-state index in [2.05, 4.69) is 38.2 Å². The first kappa shape index (κ1) is 18.3. The summed E-state index contributed by atoms with van der Waals surface area (Å²) in [5, 5.41) is 13.3. The highest BCUT2D eigenvalue weighted by molar-refractivity contribution is 5.85. The van der Waals surface area contributed by atoms with E-state index in [0.717, 1.165) is 18.6 Å². The van der Waals surface area contributed by atoms with Crippen LogP contribution in [0.3, 0.4) is 0 Å². The van der Waals surface area contributed by atoms with Gasteiger partial charge in [-0.1, -0.05) is 12.1 Å². The number of benzene rings is 1. The van der Waals surface area contributed by atoms with E-state index in [4.69, 9.17) is 4.74 Å². The lowest BCUT2D eigenvalue weighted by Gasteiger charge is -2.24. The van der Waals surface area contributed by atoms with Crippen LogP contribution in [0.4, 0.5) is 0 Å². The van der Waals surface area contributed by atoms with E-state index in [-0.39, 0.29) is 17.9 Å². The summed E-state index contributed by atoms with van der Waals surface area (Å²) in [6, 6.07) is 6.27. The van der Waals surface area contributed by atoms with Crippen LogP contribution in [-0.2, 0) is 12.8 Å². The first-order valence-corrected chi connectivity index (χ1v) is 7.62. The first-order chi connectivity index (χ1) is 9.46. The van der Waals surface area contributed by atoms with Crippen molar-refractivity contribution >= 4 is 12.4 Å². The quantitative estimate of drug-likeness (QED) is 0.877. The zero-order valence-electron chi connectivity index (χ0n) is 13.3. The fourth-order valence-corrected chi connectivity index (χ4v) is 2.55. The predicted octanol–water partition coefficient (Wildman–Crippen LogP) is 3.12. The highest BCUT2D eigenvalue weighted by Crippen LogP contribution is 2.29. The topological polar surface area (TPSA) is 41.5 Å². The number of halogens is 1. The zero-order valence-corrected chi connectivity index (χ0v) is 14.1. The molecule has 120 valence electrons. The van der Waals surface area contributed by atoms with Crippen molar-refractivity contribution in [2.75, 3.05) is 13.2 Å². The van der Waals surface area contributed by atoms with Crippen LogP contribution in [0.2, 0.25) is 0 Å². The molecule has 0 spiro atoms. The number of ether oxygens (including phenoxy) is 1. The smallest absolute Gasteiger partial charge is 0.122 e. The Bertz CT molecular complexity index is 443. The first-order valence-electron chi connectivity index (χ1n) is 7.62. The standard InChI is InChI=1S/C17H27NO2.ClH/c1-17(2,3)18-11-14(19)12-20-16-10-6-8-13-7-4-5-9-15(13)16;/h6,8,10,14,18-19H,4-5,7,9,11-12H2,1-3H3;1H. The summed E-state index contributed by atoms with van der Waals surface area (Å²) >= 11 is 0. The lowest BCUT2D eigenvalue weighted by molar-refractivity contribution is 0.0994. The van der Waals surface area contributed by atoms with E-state index < -0.39 is 6.10 Å². The minimum Gasteiger partial charge on any atom is -0.491 e. The van der Waals surface area contributed by atoms with Gasteiger partial charge in [-0.15, -0.1) is 12.4 Å². The molecule has 1 atom stereocenters. The van der Waals surface area contributed by atoms with Crippen LogP contribution in [0, 0.1) is 0 Å². The maximum absolute atomic E-state index is 9.99. The molecule has 3 nitrogen and oxygen atoms in total. The third kappa shape index (κ3) is 5.85. The van der Waals surface area contributed by atoms with Gasteiger partial charge in [-0.25, -0.2) is 0 Å². The van der Waals surface area contributed by atoms with Gasteiger partial charge in [-0.05, 0) is 63.6 Å². The van der Waals surface area contributed by atoms with Crippen LogP contribution in [0.5, 0.6) is 5.75 Å². The Balaban J connectivity index is 0.00000220. The van der Waals surface area contributed by atoms with Crippen molar-refractivity contribution in [2.45, 2.75) is 58.1 Å². The van der Waals surface area contributed by atoms with Gasteiger partial charge in [0, 0.05) is 12.1 Å². The largest absolute Gasteiger partial charge is 0.491 e. The van der Waals surface area contributed by atoms with E-state index >= 15 is 0 Å². The SMILES string of the molecule is CC(C)(C)NCC(O)COc1cccc2c1CCCC2.Cl. The molecule has 1 unspecified atom stereocenters. The molecule has 0 heterocycles. The number of aliphatic hydroxyl groups excluding tert-OH is 1. The molecule has 0 saturated heterocycles. The maximum atomic E-state index is 9.99. The second-order valence-corrected chi connectivity index (χ2v) is 6.70. The summed E-state index contributed by atoms with van der Waals surface area (Å²) in [5.41, 5.74) is 2.78. The van der Waals surface area contributed by atoms with Gasteiger partial charge in [-0.2, -0.15) is 0 Å². The molecule has 0 amide bonds. The molecule has 0 saturated carbocycles. The third-order valence-corrected chi connectivity index (χ3v) is 3.65. The molecule has 1 aromatic carbocycles. The molecule has 0 aliphatic heterocycles. The molecule has 2 N–H and O–H groups in total. The van der Waals surface area contributed by atoms with Gasteiger partial charge in [0.1, 0.15) is 18.5 Å². The normalized spacial score (nSPS) is 15.8. The van der Waals surface area contributed by atoms with Gasteiger partial charge in [0.05, 0.1) is 0 Å². The number of fused-ring (bicyclic) bond motifs is 1. The molecular formula is C17H28ClNO2. The summed E-state index contributed by atoms with van der Waals surface area (Å²) in [6.07, 6.45) is 4.28. The van der Waals surface area contributed by atoms with E-state index in [1.54, 1.807) is 0 Å². The number of aryl methyl sites for hydroxylation is 1. The van der Waals surface area contributed by atoms with Crippen LogP contribution in [0.15, 0.2) is 18.2 Å². The van der Waals surface area contributed by atoms with Gasteiger partial charge >= 0.3 is 0 Å². The molecule has 1 aliphatic rings. The fraction of sp³-hybridized carbons (Fsp3) is 0.647. The molecule has 21 heavy (non-hydrogen) atoms. The summed E-state index contributed by atoms with van der Waals surface area (Å²) in [4.78, 5) is 0. The molecule has 1 aliphatic carbocycles. The second kappa shape index (κ2) is 8.02. The third-order valence-electron chi connectivity index (χ3n) is 3.65. The summed E-state index contributed by atoms with van der Waals surface area (Å²) < 4.78 is 5.84. The molecule has 0 aromatic heterocycles. The molecular weight excluding hydrogens is 286 g/mol. The summed E-state index contributed by atoms with van der Waals surface area (Å²) in [7, 11) is 0. The lowest BCUT2D eigenvalue weighted by atomic mass is 9.91. The van der Waals surface area contributed by atoms with Gasteiger partial charge < -0.3 is 15.2 Å². The molecule has 4 heteroatoms. The fourth-order valence-electron chi connectivity index (χ4n) is 2.55. The molecule has 0 radical (unpaired) electrons. The van der Waals surface area contributed by atoms with E-state index in [1.807, 2.05) is 6.07 Å². The Morgan fingerprint density at radius 2 is 1.95 bits per heavy atom. The van der Waals surface area contributed by atoms with Crippen molar-refractivity contribution in [1.82, 2.24) is 5.32 Å². The number of hydrogen-bond acceptors (Lipinski definition) is 3. The minimum atomic E-state index is -0.478. The Kier molecular flexibility index (Phi) is 6.98. The minimum absolute atomic E-state index is 0. The average Bonchev–Trinajstić information content (AvgIpc) is 2.42. The lowest BCUT2D eigenvalue weighted by Crippen LogP contribution is -2.42. The molecule has 1 aromatic rings. The zero-order chi connectivity index (χ0) is 14.6. The monoisotopic (exact) mass is 313 g/mol. The number of β-amino-alcohol motifs (C(OH)–C–C–N with tert-alkyl or cyclic N) is 1. The van der Waals surface area contributed by atoms with E-state index in [0.29, 0.717) is 13.2 Å². The number of hydrogen-bond donors (Lipinski definition) is 2. The Labute approximate surface area is 134 Å². The van der Waals surface area contributed by atoms with Crippen molar-refractivity contribution in [3.05, 3.63) is 29.3 Å². The number of nitrogens with one attached hydrogen (secondary N) is 1. The molecule has 0 bridgehead atoms. The van der Waals surface area contributed by atoms with Crippen LogP contribution in [0.25, 0.3) is 0 Å². The number of rotatable bonds is 5. The van der Waals surface area contributed by atoms with E-state index in [9.17, 15) is 5.11 Å². The van der Waals surface area contributed by atoms with Gasteiger partial charge in [0.2, 0.25) is 0 Å². The number of aliphatic hydroxyl groups is 1. The van der Waals surface area contributed by atoms with Crippen molar-refractivity contribution < 1.29 is 9.84 Å². The van der Waals surface area contributed by atoms with Crippen molar-refractivity contribution in [3.63, 3.8) is 0 Å². The van der Waals surface area contributed by atoms with Gasteiger partial charge in [-0.3, -0.25) is 0 Å². The van der Waals surface area contributed by atoms with Crippen LogP contribution in [0.1, 0.15) is 44.7 Å². The van der Waals surface area contributed by atoms with Crippen LogP contribution in [-0.4, -0.2) is 29.9 Å².